The summed E-state index contributed by atoms with van der Waals surface area (Å²) < 4.78 is 11.5. The second-order valence-electron chi connectivity index (χ2n) is 6.78. The zero-order valence-corrected chi connectivity index (χ0v) is 15.0. The van der Waals surface area contributed by atoms with E-state index in [9.17, 15) is 9.59 Å². The zero-order valence-electron chi connectivity index (χ0n) is 15.0. The van der Waals surface area contributed by atoms with Gasteiger partial charge in [-0.25, -0.2) is 0 Å². The predicted octanol–water partition coefficient (Wildman–Crippen LogP) is 3.61. The van der Waals surface area contributed by atoms with Crippen LogP contribution in [0.3, 0.4) is 0 Å². The topological polar surface area (TPSA) is 59.8 Å². The summed E-state index contributed by atoms with van der Waals surface area (Å²) in [7, 11) is 0. The molecule has 1 fully saturated rings. The third-order valence-corrected chi connectivity index (χ3v) is 4.80. The fourth-order valence-corrected chi connectivity index (χ4v) is 3.42. The number of hydrogen-bond acceptors (Lipinski definition) is 4. The summed E-state index contributed by atoms with van der Waals surface area (Å²) in [6.07, 6.45) is 1.95. The van der Waals surface area contributed by atoms with Gasteiger partial charge in [-0.15, -0.1) is 0 Å². The maximum absolute atomic E-state index is 13.2. The second kappa shape index (κ2) is 7.76. The molecule has 1 aliphatic rings. The van der Waals surface area contributed by atoms with E-state index >= 15 is 0 Å². The van der Waals surface area contributed by atoms with Gasteiger partial charge in [-0.1, -0.05) is 42.5 Å². The Labute approximate surface area is 157 Å². The summed E-state index contributed by atoms with van der Waals surface area (Å²) in [4.78, 5) is 27.3. The van der Waals surface area contributed by atoms with Crippen molar-refractivity contribution in [3.05, 3.63) is 82.2 Å². The van der Waals surface area contributed by atoms with Crippen LogP contribution in [0, 0.1) is 0 Å². The van der Waals surface area contributed by atoms with Gasteiger partial charge in [-0.05, 0) is 30.5 Å². The first-order valence-corrected chi connectivity index (χ1v) is 9.18. The van der Waals surface area contributed by atoms with Crippen LogP contribution < -0.4 is 5.43 Å². The molecule has 3 aromatic rings. The predicted molar refractivity (Wildman–Crippen MR) is 103 cm³/mol. The fourth-order valence-electron chi connectivity index (χ4n) is 3.42. The van der Waals surface area contributed by atoms with Crippen LogP contribution >= 0.6 is 0 Å². The number of fused-ring (bicyclic) bond motifs is 1. The standard InChI is InChI=1S/C22H21NO4/c24-19-13-21(27-20-11-5-4-10-18(19)20)22(25)23(15-17-9-6-12-26-17)14-16-7-2-1-3-8-16/h1-5,7-8,10-11,13,17H,6,9,12,14-15H2. The van der Waals surface area contributed by atoms with Crippen LogP contribution in [0.15, 0.2) is 69.9 Å². The molecule has 1 aliphatic heterocycles. The van der Waals surface area contributed by atoms with E-state index in [0.717, 1.165) is 25.0 Å². The van der Waals surface area contributed by atoms with E-state index in [2.05, 4.69) is 0 Å². The van der Waals surface area contributed by atoms with E-state index in [-0.39, 0.29) is 23.2 Å². The summed E-state index contributed by atoms with van der Waals surface area (Å²) in [5.74, 6) is -0.232. The van der Waals surface area contributed by atoms with E-state index in [1.807, 2.05) is 30.3 Å². The molecule has 0 N–H and O–H groups in total. The van der Waals surface area contributed by atoms with Crippen LogP contribution in [-0.4, -0.2) is 30.1 Å². The third-order valence-electron chi connectivity index (χ3n) is 4.80. The monoisotopic (exact) mass is 363 g/mol. The first kappa shape index (κ1) is 17.5. The lowest BCUT2D eigenvalue weighted by molar-refractivity contribution is 0.0484. The van der Waals surface area contributed by atoms with Gasteiger partial charge in [0.15, 0.2) is 11.2 Å². The Morgan fingerprint density at radius 1 is 1.07 bits per heavy atom. The second-order valence-corrected chi connectivity index (χ2v) is 6.78. The van der Waals surface area contributed by atoms with Crippen molar-refractivity contribution >= 4 is 16.9 Å². The largest absolute Gasteiger partial charge is 0.451 e. The summed E-state index contributed by atoms with van der Waals surface area (Å²) in [5, 5.41) is 0.475. The quantitative estimate of drug-likeness (QED) is 0.695. The van der Waals surface area contributed by atoms with Crippen molar-refractivity contribution in [1.29, 1.82) is 0 Å². The summed E-state index contributed by atoms with van der Waals surface area (Å²) in [5.41, 5.74) is 1.23. The van der Waals surface area contributed by atoms with Crippen LogP contribution in [0.5, 0.6) is 0 Å². The molecule has 1 saturated heterocycles. The molecular weight excluding hydrogens is 342 g/mol. The molecule has 4 rings (SSSR count). The van der Waals surface area contributed by atoms with Crippen molar-refractivity contribution in [2.24, 2.45) is 0 Å². The fraction of sp³-hybridized carbons (Fsp3) is 0.273. The number of carbonyl (C=O) groups is 1. The van der Waals surface area contributed by atoms with Crippen molar-refractivity contribution in [3.63, 3.8) is 0 Å². The molecule has 0 bridgehead atoms. The first-order chi connectivity index (χ1) is 13.2. The average molecular weight is 363 g/mol. The Balaban J connectivity index is 1.65. The number of carbonyl (C=O) groups excluding carboxylic acids is 1. The Kier molecular flexibility index (Phi) is 5.03. The molecule has 0 aliphatic carbocycles. The maximum Gasteiger partial charge on any atom is 0.290 e. The molecule has 5 nitrogen and oxygen atoms in total. The highest BCUT2D eigenvalue weighted by Crippen LogP contribution is 2.19. The summed E-state index contributed by atoms with van der Waals surface area (Å²) in [6, 6.07) is 18.0. The summed E-state index contributed by atoms with van der Waals surface area (Å²) >= 11 is 0. The SMILES string of the molecule is O=C(c1cc(=O)c2ccccc2o1)N(Cc1ccccc1)CC1CCCO1. The van der Waals surface area contributed by atoms with Crippen molar-refractivity contribution in [3.8, 4) is 0 Å². The van der Waals surface area contributed by atoms with E-state index in [0.29, 0.717) is 24.1 Å². The Morgan fingerprint density at radius 2 is 1.85 bits per heavy atom. The first-order valence-electron chi connectivity index (χ1n) is 9.18. The van der Waals surface area contributed by atoms with Gasteiger partial charge >= 0.3 is 0 Å². The molecule has 5 heteroatoms. The smallest absolute Gasteiger partial charge is 0.290 e. The number of nitrogens with zero attached hydrogens (tertiary/aromatic N) is 1. The molecule has 0 spiro atoms. The third kappa shape index (κ3) is 3.93. The number of para-hydroxylation sites is 1. The molecule has 1 atom stereocenters. The van der Waals surface area contributed by atoms with Crippen LogP contribution in [0.4, 0.5) is 0 Å². The lowest BCUT2D eigenvalue weighted by Gasteiger charge is -2.25. The minimum absolute atomic E-state index is 0.0184. The van der Waals surface area contributed by atoms with E-state index in [4.69, 9.17) is 9.15 Å². The molecule has 2 aromatic carbocycles. The molecule has 2 heterocycles. The van der Waals surface area contributed by atoms with E-state index in [1.165, 1.54) is 6.07 Å². The normalized spacial score (nSPS) is 16.5. The maximum atomic E-state index is 13.2. The van der Waals surface area contributed by atoms with Crippen molar-refractivity contribution in [1.82, 2.24) is 4.90 Å². The number of rotatable bonds is 5. The van der Waals surface area contributed by atoms with Crippen LogP contribution in [0.2, 0.25) is 0 Å². The van der Waals surface area contributed by atoms with Crippen LogP contribution in [0.1, 0.15) is 29.0 Å². The molecule has 27 heavy (non-hydrogen) atoms. The number of amides is 1. The van der Waals surface area contributed by atoms with Gasteiger partial charge in [0.1, 0.15) is 5.58 Å². The highest BCUT2D eigenvalue weighted by Gasteiger charge is 2.25. The highest BCUT2D eigenvalue weighted by molar-refractivity contribution is 5.93. The lowest BCUT2D eigenvalue weighted by atomic mass is 10.1. The Morgan fingerprint density at radius 3 is 2.63 bits per heavy atom. The molecule has 1 amide bonds. The molecule has 1 aromatic heterocycles. The molecule has 1 unspecified atom stereocenters. The number of benzene rings is 2. The van der Waals surface area contributed by atoms with Gasteiger partial charge in [0.05, 0.1) is 11.5 Å². The number of ether oxygens (including phenoxy) is 1. The number of hydrogen-bond donors (Lipinski definition) is 0. The van der Waals surface area contributed by atoms with Crippen molar-refractivity contribution < 1.29 is 13.9 Å². The minimum Gasteiger partial charge on any atom is -0.451 e. The zero-order chi connectivity index (χ0) is 18.6. The van der Waals surface area contributed by atoms with Gasteiger partial charge in [-0.3, -0.25) is 9.59 Å². The van der Waals surface area contributed by atoms with Crippen LogP contribution in [0.25, 0.3) is 11.0 Å². The molecule has 138 valence electrons. The highest BCUT2D eigenvalue weighted by atomic mass is 16.5. The lowest BCUT2D eigenvalue weighted by Crippen LogP contribution is -2.37. The van der Waals surface area contributed by atoms with E-state index in [1.54, 1.807) is 29.2 Å². The molecule has 0 radical (unpaired) electrons. The van der Waals surface area contributed by atoms with Gasteiger partial charge in [0.2, 0.25) is 0 Å². The van der Waals surface area contributed by atoms with Gasteiger partial charge in [-0.2, -0.15) is 0 Å². The van der Waals surface area contributed by atoms with Gasteiger partial charge < -0.3 is 14.1 Å². The summed E-state index contributed by atoms with van der Waals surface area (Å²) in [6.45, 7) is 1.64. The molecular formula is C22H21NO4. The average Bonchev–Trinajstić information content (AvgIpc) is 3.21. The Bertz CT molecular complexity index is 990. The van der Waals surface area contributed by atoms with Crippen molar-refractivity contribution in [2.45, 2.75) is 25.5 Å². The Hall–Kier alpha value is -2.92. The van der Waals surface area contributed by atoms with Gasteiger partial charge in [0.25, 0.3) is 5.91 Å². The van der Waals surface area contributed by atoms with Crippen molar-refractivity contribution in [2.75, 3.05) is 13.2 Å². The van der Waals surface area contributed by atoms with Crippen LogP contribution in [-0.2, 0) is 11.3 Å². The van der Waals surface area contributed by atoms with Gasteiger partial charge in [0, 0.05) is 25.8 Å². The minimum atomic E-state index is -0.294. The van der Waals surface area contributed by atoms with E-state index < -0.39 is 0 Å². The molecule has 0 saturated carbocycles.